The number of carbonyl (C=O) groups is 1. The molecule has 0 heterocycles. The maximum absolute atomic E-state index is 12.7. The topological polar surface area (TPSA) is 84.9 Å². The molecule has 0 spiro atoms. The van der Waals surface area contributed by atoms with Crippen LogP contribution in [-0.4, -0.2) is 34.8 Å². The van der Waals surface area contributed by atoms with E-state index in [1.165, 1.54) is 10.6 Å². The van der Waals surface area contributed by atoms with Gasteiger partial charge in [-0.3, -0.25) is 9.10 Å². The first kappa shape index (κ1) is 24.1. The van der Waals surface area contributed by atoms with Crippen LogP contribution in [0.2, 0.25) is 0 Å². The number of benzene rings is 3. The zero-order valence-electron chi connectivity index (χ0n) is 19.1. The van der Waals surface area contributed by atoms with Crippen LogP contribution in [0.3, 0.4) is 0 Å². The summed E-state index contributed by atoms with van der Waals surface area (Å²) in [5, 5.41) is 2.97. The van der Waals surface area contributed by atoms with Gasteiger partial charge in [0.1, 0.15) is 0 Å². The fraction of sp³-hybridized carbons (Fsp3) is 0.240. The molecule has 0 aliphatic rings. The van der Waals surface area contributed by atoms with Crippen LogP contribution in [0.15, 0.2) is 72.8 Å². The minimum atomic E-state index is -3.47. The van der Waals surface area contributed by atoms with E-state index in [2.05, 4.69) is 5.32 Å². The highest BCUT2D eigenvalue weighted by Gasteiger charge is 2.18. The number of anilines is 1. The van der Waals surface area contributed by atoms with Crippen LogP contribution in [0.1, 0.15) is 34.5 Å². The third-order valence-electron chi connectivity index (χ3n) is 5.24. The van der Waals surface area contributed by atoms with E-state index in [9.17, 15) is 13.2 Å². The van der Waals surface area contributed by atoms with E-state index >= 15 is 0 Å². The fourth-order valence-electron chi connectivity index (χ4n) is 3.41. The van der Waals surface area contributed by atoms with Crippen molar-refractivity contribution in [2.45, 2.75) is 19.5 Å². The maximum Gasteiger partial charge on any atom is 0.251 e. The van der Waals surface area contributed by atoms with Crippen LogP contribution in [0.25, 0.3) is 0 Å². The van der Waals surface area contributed by atoms with Crippen molar-refractivity contribution in [1.82, 2.24) is 5.32 Å². The molecule has 0 unspecified atom stereocenters. The Morgan fingerprint density at radius 2 is 1.58 bits per heavy atom. The lowest BCUT2D eigenvalue weighted by molar-refractivity contribution is 0.0940. The van der Waals surface area contributed by atoms with E-state index in [1.54, 1.807) is 68.8 Å². The second-order valence-corrected chi connectivity index (χ2v) is 9.52. The number of sulfonamides is 1. The molecule has 3 aromatic carbocycles. The molecule has 1 amide bonds. The summed E-state index contributed by atoms with van der Waals surface area (Å²) in [7, 11) is -0.330. The highest BCUT2D eigenvalue weighted by atomic mass is 32.2. The van der Waals surface area contributed by atoms with Crippen LogP contribution in [0.4, 0.5) is 5.69 Å². The normalized spacial score (nSPS) is 12.0. The van der Waals surface area contributed by atoms with Crippen LogP contribution >= 0.6 is 0 Å². The summed E-state index contributed by atoms with van der Waals surface area (Å²) < 4.78 is 36.5. The Morgan fingerprint density at radius 1 is 0.939 bits per heavy atom. The minimum absolute atomic E-state index is 0.173. The van der Waals surface area contributed by atoms with Crippen LogP contribution in [0, 0.1) is 0 Å². The first-order valence-corrected chi connectivity index (χ1v) is 12.2. The van der Waals surface area contributed by atoms with E-state index < -0.39 is 10.0 Å². The lowest BCUT2D eigenvalue weighted by atomic mass is 10.1. The van der Waals surface area contributed by atoms with Crippen molar-refractivity contribution < 1.29 is 22.7 Å². The molecule has 8 heteroatoms. The number of carbonyl (C=O) groups excluding carboxylic acids is 1. The van der Waals surface area contributed by atoms with E-state index in [0.29, 0.717) is 22.7 Å². The molecule has 1 atom stereocenters. The molecule has 3 aromatic rings. The molecule has 3 rings (SSSR count). The van der Waals surface area contributed by atoms with Crippen molar-refractivity contribution in [2.24, 2.45) is 0 Å². The van der Waals surface area contributed by atoms with E-state index in [-0.39, 0.29) is 18.5 Å². The van der Waals surface area contributed by atoms with Crippen LogP contribution in [0.5, 0.6) is 11.5 Å². The van der Waals surface area contributed by atoms with Gasteiger partial charge >= 0.3 is 0 Å². The summed E-state index contributed by atoms with van der Waals surface area (Å²) in [6.07, 6.45) is 1.18. The molecule has 7 nitrogen and oxygen atoms in total. The van der Waals surface area contributed by atoms with E-state index in [1.807, 2.05) is 25.1 Å². The molecule has 0 bridgehead atoms. The summed E-state index contributed by atoms with van der Waals surface area (Å²) >= 11 is 0. The molecule has 33 heavy (non-hydrogen) atoms. The SMILES string of the molecule is COc1ccc([C@H](C)NC(=O)c2ccc(CN(c3ccccc3)S(C)(=O)=O)cc2)cc1OC. The lowest BCUT2D eigenvalue weighted by Crippen LogP contribution is -2.29. The number of amides is 1. The number of ether oxygens (including phenoxy) is 2. The van der Waals surface area contributed by atoms with Gasteiger partial charge in [0.05, 0.1) is 38.7 Å². The Bertz CT molecular complexity index is 1200. The molecule has 0 radical (unpaired) electrons. The number of nitrogens with zero attached hydrogens (tertiary/aromatic N) is 1. The lowest BCUT2D eigenvalue weighted by Gasteiger charge is -2.22. The molecule has 1 N–H and O–H groups in total. The number of nitrogens with one attached hydrogen (secondary N) is 1. The van der Waals surface area contributed by atoms with Gasteiger partial charge in [0.2, 0.25) is 10.0 Å². The number of rotatable bonds is 9. The molecular formula is C25H28N2O5S. The molecular weight excluding hydrogens is 440 g/mol. The quantitative estimate of drug-likeness (QED) is 0.510. The maximum atomic E-state index is 12.7. The summed E-state index contributed by atoms with van der Waals surface area (Å²) in [5.74, 6) is 0.982. The number of methoxy groups -OCH3 is 2. The van der Waals surface area contributed by atoms with Crippen molar-refractivity contribution in [1.29, 1.82) is 0 Å². The van der Waals surface area contributed by atoms with Gasteiger partial charge in [-0.2, -0.15) is 0 Å². The summed E-state index contributed by atoms with van der Waals surface area (Å²) in [5.41, 5.74) is 2.72. The second kappa shape index (κ2) is 10.4. The monoisotopic (exact) mass is 468 g/mol. The largest absolute Gasteiger partial charge is 0.493 e. The average Bonchev–Trinajstić information content (AvgIpc) is 2.82. The van der Waals surface area contributed by atoms with E-state index in [4.69, 9.17) is 9.47 Å². The third-order valence-corrected chi connectivity index (χ3v) is 6.38. The summed E-state index contributed by atoms with van der Waals surface area (Å²) in [6, 6.07) is 21.1. The zero-order chi connectivity index (χ0) is 24.0. The van der Waals surface area contributed by atoms with Crippen LogP contribution in [-0.2, 0) is 16.6 Å². The first-order chi connectivity index (χ1) is 15.7. The predicted molar refractivity (Wildman–Crippen MR) is 129 cm³/mol. The zero-order valence-corrected chi connectivity index (χ0v) is 19.9. The van der Waals surface area contributed by atoms with Gasteiger partial charge in [0, 0.05) is 5.56 Å². The van der Waals surface area contributed by atoms with Gasteiger partial charge in [0.25, 0.3) is 5.91 Å². The molecule has 0 fully saturated rings. The van der Waals surface area contributed by atoms with Gasteiger partial charge in [-0.05, 0) is 54.4 Å². The van der Waals surface area contributed by atoms with Crippen molar-refractivity contribution in [2.75, 3.05) is 24.8 Å². The van der Waals surface area contributed by atoms with Gasteiger partial charge in [-0.25, -0.2) is 8.42 Å². The number of hydrogen-bond donors (Lipinski definition) is 1. The molecule has 0 aromatic heterocycles. The van der Waals surface area contributed by atoms with E-state index in [0.717, 1.165) is 11.1 Å². The van der Waals surface area contributed by atoms with Gasteiger partial charge in [0.15, 0.2) is 11.5 Å². The van der Waals surface area contributed by atoms with Crippen molar-refractivity contribution in [3.63, 3.8) is 0 Å². The Kier molecular flexibility index (Phi) is 7.60. The van der Waals surface area contributed by atoms with Gasteiger partial charge < -0.3 is 14.8 Å². The minimum Gasteiger partial charge on any atom is -0.493 e. The van der Waals surface area contributed by atoms with Crippen LogP contribution < -0.4 is 19.1 Å². The molecule has 174 valence electrons. The Balaban J connectivity index is 1.71. The van der Waals surface area contributed by atoms with Crippen molar-refractivity contribution in [3.8, 4) is 11.5 Å². The standard InChI is InChI=1S/C25H28N2O5S/c1-18(21-14-15-23(31-2)24(16-21)32-3)26-25(28)20-12-10-19(11-13-20)17-27(33(4,29)30)22-8-6-5-7-9-22/h5-16,18H,17H2,1-4H3,(H,26,28)/t18-/m0/s1. The summed E-state index contributed by atoms with van der Waals surface area (Å²) in [4.78, 5) is 12.7. The van der Waals surface area contributed by atoms with Crippen molar-refractivity contribution >= 4 is 21.6 Å². The molecule has 0 aliphatic heterocycles. The molecule has 0 aliphatic carbocycles. The summed E-state index contributed by atoms with van der Waals surface area (Å²) in [6.45, 7) is 2.06. The van der Waals surface area contributed by atoms with Gasteiger partial charge in [-0.1, -0.05) is 36.4 Å². The second-order valence-electron chi connectivity index (χ2n) is 7.61. The van der Waals surface area contributed by atoms with Crippen molar-refractivity contribution in [3.05, 3.63) is 89.5 Å². The predicted octanol–water partition coefficient (Wildman–Crippen LogP) is 4.16. The highest BCUT2D eigenvalue weighted by molar-refractivity contribution is 7.92. The average molecular weight is 469 g/mol. The third kappa shape index (κ3) is 6.04. The highest BCUT2D eigenvalue weighted by Crippen LogP contribution is 2.30. The molecule has 0 saturated heterocycles. The smallest absolute Gasteiger partial charge is 0.251 e. The Morgan fingerprint density at radius 3 is 2.15 bits per heavy atom. The first-order valence-electron chi connectivity index (χ1n) is 10.4. The fourth-order valence-corrected chi connectivity index (χ4v) is 4.30. The Labute approximate surface area is 195 Å². The number of hydrogen-bond acceptors (Lipinski definition) is 5. The number of para-hydroxylation sites is 1. The molecule has 0 saturated carbocycles. The van der Waals surface area contributed by atoms with Gasteiger partial charge in [-0.15, -0.1) is 0 Å². The Hall–Kier alpha value is -3.52.